The average Bonchev–Trinajstić information content (AvgIpc) is 2.59. The second-order valence-electron chi connectivity index (χ2n) is 6.46. The lowest BCUT2D eigenvalue weighted by Gasteiger charge is -2.36. The summed E-state index contributed by atoms with van der Waals surface area (Å²) >= 11 is 0. The van der Waals surface area contributed by atoms with Gasteiger partial charge in [-0.1, -0.05) is 32.0 Å². The van der Waals surface area contributed by atoms with Gasteiger partial charge in [0.15, 0.2) is 0 Å². The van der Waals surface area contributed by atoms with Gasteiger partial charge in [0.25, 0.3) is 0 Å². The highest BCUT2D eigenvalue weighted by Gasteiger charge is 2.33. The predicted molar refractivity (Wildman–Crippen MR) is 94.2 cm³/mol. The van der Waals surface area contributed by atoms with Gasteiger partial charge >= 0.3 is 0 Å². The fourth-order valence-electron chi connectivity index (χ4n) is 2.82. The second-order valence-corrected chi connectivity index (χ2v) is 8.40. The molecule has 1 aromatic rings. The van der Waals surface area contributed by atoms with E-state index in [1.54, 1.807) is 35.2 Å². The molecule has 0 unspecified atom stereocenters. The van der Waals surface area contributed by atoms with Gasteiger partial charge < -0.3 is 10.2 Å². The minimum Gasteiger partial charge on any atom is -0.344 e. The van der Waals surface area contributed by atoms with Crippen LogP contribution in [-0.2, 0) is 19.6 Å². The average molecular weight is 367 g/mol. The Balaban J connectivity index is 2.03. The number of benzene rings is 1. The molecule has 1 fully saturated rings. The lowest BCUT2D eigenvalue weighted by atomic mass is 10.0. The molecule has 0 aromatic heterocycles. The first-order chi connectivity index (χ1) is 11.7. The number of carbonyl (C=O) groups excluding carboxylic acids is 2. The van der Waals surface area contributed by atoms with Crippen LogP contribution in [0.2, 0.25) is 0 Å². The molecule has 0 saturated carbocycles. The maximum Gasteiger partial charge on any atom is 0.245 e. The van der Waals surface area contributed by atoms with E-state index < -0.39 is 16.1 Å². The van der Waals surface area contributed by atoms with Gasteiger partial charge in [0.1, 0.15) is 6.04 Å². The van der Waals surface area contributed by atoms with Gasteiger partial charge in [0.05, 0.1) is 4.90 Å². The number of nitrogens with one attached hydrogen (secondary N) is 1. The van der Waals surface area contributed by atoms with E-state index in [0.29, 0.717) is 13.1 Å². The van der Waals surface area contributed by atoms with Crippen molar-refractivity contribution >= 4 is 21.8 Å². The van der Waals surface area contributed by atoms with Crippen LogP contribution >= 0.6 is 0 Å². The van der Waals surface area contributed by atoms with Crippen LogP contribution in [-0.4, -0.2) is 61.7 Å². The Bertz CT molecular complexity index is 711. The van der Waals surface area contributed by atoms with Gasteiger partial charge in [-0.2, -0.15) is 4.31 Å². The molecule has 0 bridgehead atoms. The Morgan fingerprint density at radius 1 is 1.04 bits per heavy atom. The van der Waals surface area contributed by atoms with Crippen molar-refractivity contribution in [2.45, 2.75) is 31.7 Å². The number of piperazine rings is 1. The third-order valence-corrected chi connectivity index (χ3v) is 6.14. The summed E-state index contributed by atoms with van der Waals surface area (Å²) in [6.45, 7) is 6.24. The number of amides is 2. The fraction of sp³-hybridized carbons (Fsp3) is 0.529. The van der Waals surface area contributed by atoms with Crippen molar-refractivity contribution in [3.05, 3.63) is 30.3 Å². The fourth-order valence-corrected chi connectivity index (χ4v) is 4.26. The van der Waals surface area contributed by atoms with Crippen molar-refractivity contribution in [3.8, 4) is 0 Å². The van der Waals surface area contributed by atoms with Crippen molar-refractivity contribution in [3.63, 3.8) is 0 Å². The summed E-state index contributed by atoms with van der Waals surface area (Å²) in [5, 5.41) is 2.68. The van der Waals surface area contributed by atoms with Crippen molar-refractivity contribution in [1.29, 1.82) is 0 Å². The summed E-state index contributed by atoms with van der Waals surface area (Å²) in [7, 11) is -3.54. The molecule has 1 aliphatic rings. The first-order valence-electron chi connectivity index (χ1n) is 8.34. The Hall–Kier alpha value is -1.93. The molecule has 8 heteroatoms. The molecule has 0 radical (unpaired) electrons. The van der Waals surface area contributed by atoms with E-state index in [0.717, 1.165) is 0 Å². The van der Waals surface area contributed by atoms with Gasteiger partial charge in [-0.15, -0.1) is 0 Å². The molecule has 2 rings (SSSR count). The molecule has 1 N–H and O–H groups in total. The van der Waals surface area contributed by atoms with E-state index in [1.165, 1.54) is 11.2 Å². The molecule has 7 nitrogen and oxygen atoms in total. The molecule has 1 aromatic carbocycles. The van der Waals surface area contributed by atoms with Crippen LogP contribution in [0.1, 0.15) is 20.8 Å². The highest BCUT2D eigenvalue weighted by atomic mass is 32.2. The largest absolute Gasteiger partial charge is 0.344 e. The minimum absolute atomic E-state index is 0.0394. The first-order valence-corrected chi connectivity index (χ1v) is 9.78. The lowest BCUT2D eigenvalue weighted by Crippen LogP contribution is -2.56. The zero-order valence-corrected chi connectivity index (χ0v) is 15.6. The van der Waals surface area contributed by atoms with Gasteiger partial charge in [-0.05, 0) is 18.1 Å². The van der Waals surface area contributed by atoms with Crippen LogP contribution in [0.15, 0.2) is 35.2 Å². The highest BCUT2D eigenvalue weighted by molar-refractivity contribution is 7.89. The van der Waals surface area contributed by atoms with Crippen LogP contribution in [0.4, 0.5) is 0 Å². The zero-order chi connectivity index (χ0) is 18.6. The molecule has 2 amide bonds. The van der Waals surface area contributed by atoms with Gasteiger partial charge in [-0.25, -0.2) is 8.42 Å². The van der Waals surface area contributed by atoms with Crippen LogP contribution in [0.25, 0.3) is 0 Å². The number of hydrogen-bond acceptors (Lipinski definition) is 4. The SMILES string of the molecule is CC(=O)N[C@H](C(=O)N1CCN(S(=O)(=O)c2ccccc2)CC1)C(C)C. The molecule has 25 heavy (non-hydrogen) atoms. The number of carbonyl (C=O) groups is 2. The Morgan fingerprint density at radius 3 is 2.08 bits per heavy atom. The number of rotatable bonds is 5. The van der Waals surface area contributed by atoms with Crippen LogP contribution in [0.3, 0.4) is 0 Å². The highest BCUT2D eigenvalue weighted by Crippen LogP contribution is 2.18. The van der Waals surface area contributed by atoms with Crippen molar-refractivity contribution < 1.29 is 18.0 Å². The molecular weight excluding hydrogens is 342 g/mol. The summed E-state index contributed by atoms with van der Waals surface area (Å²) in [5.41, 5.74) is 0. The molecule has 0 aliphatic carbocycles. The first kappa shape index (κ1) is 19.4. The number of sulfonamides is 1. The third kappa shape index (κ3) is 4.58. The van der Waals surface area contributed by atoms with E-state index in [1.807, 2.05) is 13.8 Å². The second kappa shape index (κ2) is 7.97. The van der Waals surface area contributed by atoms with Gasteiger partial charge in [0.2, 0.25) is 21.8 Å². The van der Waals surface area contributed by atoms with Gasteiger partial charge in [0, 0.05) is 33.1 Å². The van der Waals surface area contributed by atoms with Crippen LogP contribution in [0, 0.1) is 5.92 Å². The summed E-state index contributed by atoms with van der Waals surface area (Å²) in [4.78, 5) is 25.8. The van der Waals surface area contributed by atoms with Crippen molar-refractivity contribution in [2.24, 2.45) is 5.92 Å². The molecule has 1 heterocycles. The van der Waals surface area contributed by atoms with E-state index >= 15 is 0 Å². The summed E-state index contributed by atoms with van der Waals surface area (Å²) in [6.07, 6.45) is 0. The normalized spacial score (nSPS) is 17.4. The summed E-state index contributed by atoms with van der Waals surface area (Å²) < 4.78 is 26.6. The summed E-state index contributed by atoms with van der Waals surface area (Å²) in [6, 6.07) is 7.69. The van der Waals surface area contributed by atoms with Crippen LogP contribution in [0.5, 0.6) is 0 Å². The maximum absolute atomic E-state index is 12.6. The Morgan fingerprint density at radius 2 is 1.60 bits per heavy atom. The topological polar surface area (TPSA) is 86.8 Å². The zero-order valence-electron chi connectivity index (χ0n) is 14.8. The van der Waals surface area contributed by atoms with Crippen LogP contribution < -0.4 is 5.32 Å². The standard InChI is InChI=1S/C17H25N3O4S/c1-13(2)16(18-14(3)21)17(22)19-9-11-20(12-10-19)25(23,24)15-7-5-4-6-8-15/h4-8,13,16H,9-12H2,1-3H3,(H,18,21)/t16-/m0/s1. The Kier molecular flexibility index (Phi) is 6.18. The van der Waals surface area contributed by atoms with E-state index in [9.17, 15) is 18.0 Å². The smallest absolute Gasteiger partial charge is 0.245 e. The number of nitrogens with zero attached hydrogens (tertiary/aromatic N) is 2. The lowest BCUT2D eigenvalue weighted by molar-refractivity contribution is -0.138. The number of hydrogen-bond donors (Lipinski definition) is 1. The van der Waals surface area contributed by atoms with Crippen molar-refractivity contribution in [2.75, 3.05) is 26.2 Å². The monoisotopic (exact) mass is 367 g/mol. The third-order valence-electron chi connectivity index (χ3n) is 4.22. The van der Waals surface area contributed by atoms with E-state index in [-0.39, 0.29) is 35.7 Å². The van der Waals surface area contributed by atoms with E-state index in [2.05, 4.69) is 5.32 Å². The molecule has 1 aliphatic heterocycles. The van der Waals surface area contributed by atoms with E-state index in [4.69, 9.17) is 0 Å². The van der Waals surface area contributed by atoms with Gasteiger partial charge in [-0.3, -0.25) is 9.59 Å². The molecule has 1 atom stereocenters. The quantitative estimate of drug-likeness (QED) is 0.829. The van der Waals surface area contributed by atoms with Crippen molar-refractivity contribution in [1.82, 2.24) is 14.5 Å². The molecular formula is C17H25N3O4S. The summed E-state index contributed by atoms with van der Waals surface area (Å²) in [5.74, 6) is -0.457. The maximum atomic E-state index is 12.6. The molecule has 0 spiro atoms. The molecule has 138 valence electrons. The Labute approximate surface area is 149 Å². The predicted octanol–water partition coefficient (Wildman–Crippen LogP) is 0.680. The minimum atomic E-state index is -3.54. The molecule has 1 saturated heterocycles.